The number of carbonyl (C=O) groups is 1. The second-order valence-electron chi connectivity index (χ2n) is 8.57. The lowest BCUT2D eigenvalue weighted by atomic mass is 9.84. The molecule has 3 aliphatic heterocycles. The van der Waals surface area contributed by atoms with Gasteiger partial charge in [0.05, 0.1) is 24.8 Å². The van der Waals surface area contributed by atoms with Crippen molar-refractivity contribution in [1.29, 1.82) is 5.26 Å². The number of carbonyl (C=O) groups excluding carboxylic acids is 1. The van der Waals surface area contributed by atoms with Gasteiger partial charge >= 0.3 is 6.03 Å². The summed E-state index contributed by atoms with van der Waals surface area (Å²) in [6, 6.07) is 9.13. The SMILES string of the molecule is N#Cc1ccc(OC[C@H](O)CN2CC3CC(C2)CN(C(=O)N2CCOCC2)C3)cc1. The Balaban J connectivity index is 1.23. The fourth-order valence-electron chi connectivity index (χ4n) is 4.82. The molecular formula is C22H30N4O4. The maximum Gasteiger partial charge on any atom is 0.320 e. The third-order valence-corrected chi connectivity index (χ3v) is 6.10. The van der Waals surface area contributed by atoms with Gasteiger partial charge < -0.3 is 24.4 Å². The number of nitrogens with zero attached hydrogens (tertiary/aromatic N) is 4. The van der Waals surface area contributed by atoms with Gasteiger partial charge in [0.2, 0.25) is 0 Å². The number of β-amino-alcohol motifs (C(OH)–C–C–N with tert-alkyl or cyclic N) is 1. The summed E-state index contributed by atoms with van der Waals surface area (Å²) in [6.07, 6.45) is 0.576. The van der Waals surface area contributed by atoms with Gasteiger partial charge in [-0.05, 0) is 42.5 Å². The number of benzene rings is 1. The monoisotopic (exact) mass is 414 g/mol. The van der Waals surface area contributed by atoms with Gasteiger partial charge in [0.15, 0.2) is 0 Å². The zero-order valence-electron chi connectivity index (χ0n) is 17.3. The minimum Gasteiger partial charge on any atom is -0.491 e. The van der Waals surface area contributed by atoms with Crippen molar-refractivity contribution in [2.45, 2.75) is 12.5 Å². The number of morpholine rings is 1. The van der Waals surface area contributed by atoms with Gasteiger partial charge in [-0.3, -0.25) is 4.90 Å². The molecule has 8 nitrogen and oxygen atoms in total. The molecule has 0 radical (unpaired) electrons. The summed E-state index contributed by atoms with van der Waals surface area (Å²) < 4.78 is 11.0. The fourth-order valence-corrected chi connectivity index (χ4v) is 4.82. The summed E-state index contributed by atoms with van der Waals surface area (Å²) in [6.45, 7) is 6.80. The molecule has 0 aromatic heterocycles. The van der Waals surface area contributed by atoms with Crippen LogP contribution < -0.4 is 4.74 Å². The van der Waals surface area contributed by atoms with Crippen LogP contribution in [0.15, 0.2) is 24.3 Å². The average Bonchev–Trinajstić information content (AvgIpc) is 2.77. The normalized spacial score (nSPS) is 25.5. The van der Waals surface area contributed by atoms with Crippen molar-refractivity contribution in [3.05, 3.63) is 29.8 Å². The number of ether oxygens (including phenoxy) is 2. The number of likely N-dealkylation sites (tertiary alicyclic amines) is 2. The molecule has 0 saturated carbocycles. The molecule has 1 aromatic rings. The highest BCUT2D eigenvalue weighted by molar-refractivity contribution is 5.74. The van der Waals surface area contributed by atoms with E-state index in [4.69, 9.17) is 14.7 Å². The molecule has 2 unspecified atom stereocenters. The highest BCUT2D eigenvalue weighted by atomic mass is 16.5. The van der Waals surface area contributed by atoms with Crippen molar-refractivity contribution >= 4 is 6.03 Å². The maximum atomic E-state index is 12.8. The Hall–Kier alpha value is -2.34. The number of piperidine rings is 2. The Labute approximate surface area is 177 Å². The van der Waals surface area contributed by atoms with Crippen LogP contribution in [-0.4, -0.2) is 97.6 Å². The Morgan fingerprint density at radius 3 is 2.43 bits per heavy atom. The van der Waals surface area contributed by atoms with Crippen LogP contribution >= 0.6 is 0 Å². The standard InChI is InChI=1S/C22H30N4O4/c23-10-17-1-3-21(4-2-17)30-16-20(27)15-24-11-18-9-19(12-24)14-26(13-18)22(28)25-5-7-29-8-6-25/h1-4,18-20,27H,5-9,11-16H2/t18?,19?,20-/m1/s1. The van der Waals surface area contributed by atoms with Crippen molar-refractivity contribution in [3.63, 3.8) is 0 Å². The van der Waals surface area contributed by atoms with Crippen LogP contribution in [0.25, 0.3) is 0 Å². The Morgan fingerprint density at radius 2 is 1.80 bits per heavy atom. The van der Waals surface area contributed by atoms with E-state index in [0.717, 1.165) is 32.6 Å². The van der Waals surface area contributed by atoms with Crippen molar-refractivity contribution in [3.8, 4) is 11.8 Å². The molecule has 1 N–H and O–H groups in total. The number of hydrogen-bond donors (Lipinski definition) is 1. The molecule has 162 valence electrons. The first-order valence-electron chi connectivity index (χ1n) is 10.8. The molecule has 2 amide bonds. The van der Waals surface area contributed by atoms with Crippen LogP contribution in [-0.2, 0) is 4.74 Å². The molecule has 3 fully saturated rings. The first-order valence-corrected chi connectivity index (χ1v) is 10.8. The Bertz CT molecular complexity index is 745. The number of nitriles is 1. The predicted octanol–water partition coefficient (Wildman–Crippen LogP) is 1.00. The molecule has 1 aromatic carbocycles. The van der Waals surface area contributed by atoms with E-state index < -0.39 is 6.10 Å². The summed E-state index contributed by atoms with van der Waals surface area (Å²) >= 11 is 0. The van der Waals surface area contributed by atoms with E-state index in [1.807, 2.05) is 9.80 Å². The molecule has 0 aliphatic carbocycles. The van der Waals surface area contributed by atoms with Gasteiger partial charge in [-0.15, -0.1) is 0 Å². The second kappa shape index (κ2) is 9.65. The summed E-state index contributed by atoms with van der Waals surface area (Å²) in [5, 5.41) is 19.3. The molecule has 0 spiro atoms. The van der Waals surface area contributed by atoms with E-state index in [1.54, 1.807) is 24.3 Å². The minimum atomic E-state index is -0.578. The van der Waals surface area contributed by atoms with Crippen LogP contribution in [0, 0.1) is 23.2 Å². The second-order valence-corrected chi connectivity index (χ2v) is 8.57. The lowest BCUT2D eigenvalue weighted by molar-refractivity contribution is -0.00194. The number of aliphatic hydroxyl groups is 1. The van der Waals surface area contributed by atoms with Crippen LogP contribution in [0.2, 0.25) is 0 Å². The van der Waals surface area contributed by atoms with Crippen LogP contribution in [0.3, 0.4) is 0 Å². The lowest BCUT2D eigenvalue weighted by Crippen LogP contribution is -2.58. The first kappa shape index (κ1) is 20.9. The third kappa shape index (κ3) is 5.22. The molecule has 3 saturated heterocycles. The lowest BCUT2D eigenvalue weighted by Gasteiger charge is -2.47. The molecular weight excluding hydrogens is 384 g/mol. The average molecular weight is 415 g/mol. The van der Waals surface area contributed by atoms with E-state index in [0.29, 0.717) is 56.0 Å². The smallest absolute Gasteiger partial charge is 0.320 e. The van der Waals surface area contributed by atoms with E-state index in [2.05, 4.69) is 11.0 Å². The van der Waals surface area contributed by atoms with E-state index in [9.17, 15) is 9.90 Å². The summed E-state index contributed by atoms with van der Waals surface area (Å²) in [5.41, 5.74) is 0.587. The highest BCUT2D eigenvalue weighted by Crippen LogP contribution is 2.29. The van der Waals surface area contributed by atoms with Gasteiger partial charge in [-0.1, -0.05) is 0 Å². The molecule has 3 atom stereocenters. The van der Waals surface area contributed by atoms with Crippen LogP contribution in [0.5, 0.6) is 5.75 Å². The predicted molar refractivity (Wildman–Crippen MR) is 110 cm³/mol. The van der Waals surface area contributed by atoms with E-state index >= 15 is 0 Å². The zero-order valence-corrected chi connectivity index (χ0v) is 17.3. The van der Waals surface area contributed by atoms with Crippen LogP contribution in [0.4, 0.5) is 4.79 Å². The Kier molecular flexibility index (Phi) is 6.72. The molecule has 2 bridgehead atoms. The van der Waals surface area contributed by atoms with Gasteiger partial charge in [0.25, 0.3) is 0 Å². The topological polar surface area (TPSA) is 89.3 Å². The summed E-state index contributed by atoms with van der Waals surface area (Å²) in [7, 11) is 0. The van der Waals surface area contributed by atoms with Crippen molar-refractivity contribution in [1.82, 2.24) is 14.7 Å². The summed E-state index contributed by atoms with van der Waals surface area (Å²) in [4.78, 5) is 19.0. The van der Waals surface area contributed by atoms with E-state index in [-0.39, 0.29) is 12.6 Å². The fraction of sp³-hybridized carbons (Fsp3) is 0.636. The van der Waals surface area contributed by atoms with Crippen LogP contribution in [0.1, 0.15) is 12.0 Å². The number of fused-ring (bicyclic) bond motifs is 2. The van der Waals surface area contributed by atoms with Crippen molar-refractivity contribution in [2.24, 2.45) is 11.8 Å². The summed E-state index contributed by atoms with van der Waals surface area (Å²) in [5.74, 6) is 1.56. The molecule has 3 aliphatic rings. The number of urea groups is 1. The number of aliphatic hydroxyl groups excluding tert-OH is 1. The highest BCUT2D eigenvalue weighted by Gasteiger charge is 2.37. The first-order chi connectivity index (χ1) is 14.6. The third-order valence-electron chi connectivity index (χ3n) is 6.10. The minimum absolute atomic E-state index is 0.150. The largest absolute Gasteiger partial charge is 0.491 e. The van der Waals surface area contributed by atoms with Gasteiger partial charge in [-0.2, -0.15) is 5.26 Å². The number of rotatable bonds is 5. The zero-order chi connectivity index (χ0) is 20.9. The maximum absolute atomic E-state index is 12.8. The molecule has 8 heteroatoms. The van der Waals surface area contributed by atoms with Crippen molar-refractivity contribution < 1.29 is 19.4 Å². The van der Waals surface area contributed by atoms with Gasteiger partial charge in [0, 0.05) is 45.8 Å². The quantitative estimate of drug-likeness (QED) is 0.773. The van der Waals surface area contributed by atoms with Gasteiger partial charge in [-0.25, -0.2) is 4.79 Å². The molecule has 4 rings (SSSR count). The number of amides is 2. The van der Waals surface area contributed by atoms with Gasteiger partial charge in [0.1, 0.15) is 18.5 Å². The van der Waals surface area contributed by atoms with E-state index in [1.165, 1.54) is 0 Å². The number of hydrogen-bond acceptors (Lipinski definition) is 6. The molecule has 3 heterocycles. The Morgan fingerprint density at radius 1 is 1.13 bits per heavy atom. The van der Waals surface area contributed by atoms with Crippen molar-refractivity contribution in [2.75, 3.05) is 65.6 Å². The molecule has 30 heavy (non-hydrogen) atoms.